The Labute approximate surface area is 162 Å². The van der Waals surface area contributed by atoms with Crippen LogP contribution in [0.3, 0.4) is 0 Å². The molecule has 1 heterocycles. The minimum atomic E-state index is -0.695. The summed E-state index contributed by atoms with van der Waals surface area (Å²) < 4.78 is 10.1. The van der Waals surface area contributed by atoms with Gasteiger partial charge in [-0.3, -0.25) is 4.79 Å². The molecule has 0 aliphatic carbocycles. The van der Waals surface area contributed by atoms with Crippen LogP contribution in [0.4, 0.5) is 0 Å². The molecule has 1 amide bonds. The van der Waals surface area contributed by atoms with E-state index in [1.165, 1.54) is 4.80 Å². The first-order chi connectivity index (χ1) is 13.6. The highest BCUT2D eigenvalue weighted by molar-refractivity contribution is 5.90. The van der Waals surface area contributed by atoms with Crippen molar-refractivity contribution in [3.63, 3.8) is 0 Å². The molecule has 0 atom stereocenters. The average Bonchev–Trinajstić information content (AvgIpc) is 3.13. The number of nitrogens with zero attached hydrogens (tertiary/aromatic N) is 3. The summed E-state index contributed by atoms with van der Waals surface area (Å²) in [7, 11) is 1.59. The fourth-order valence-corrected chi connectivity index (χ4v) is 2.44. The molecule has 0 fully saturated rings. The molecule has 1 aromatic heterocycles. The molecule has 1 N–H and O–H groups in total. The highest BCUT2D eigenvalue weighted by atomic mass is 16.5. The molecule has 144 valence electrons. The van der Waals surface area contributed by atoms with Crippen molar-refractivity contribution in [2.75, 3.05) is 13.7 Å². The van der Waals surface area contributed by atoms with Gasteiger partial charge in [-0.05, 0) is 36.8 Å². The van der Waals surface area contributed by atoms with Crippen molar-refractivity contribution in [2.24, 2.45) is 0 Å². The van der Waals surface area contributed by atoms with Crippen LogP contribution in [-0.2, 0) is 16.1 Å². The maximum absolute atomic E-state index is 12.2. The number of carbonyl (C=O) groups is 2. The number of amides is 1. The number of ether oxygens (including phenoxy) is 2. The number of nitrogens with one attached hydrogen (secondary N) is 1. The predicted molar refractivity (Wildman–Crippen MR) is 101 cm³/mol. The zero-order valence-electron chi connectivity index (χ0n) is 15.6. The van der Waals surface area contributed by atoms with Gasteiger partial charge in [-0.15, -0.1) is 5.10 Å². The molecule has 2 aromatic carbocycles. The van der Waals surface area contributed by atoms with E-state index in [1.807, 2.05) is 42.5 Å². The largest absolute Gasteiger partial charge is 0.497 e. The summed E-state index contributed by atoms with van der Waals surface area (Å²) in [5, 5.41) is 11.1. The number of carbonyl (C=O) groups excluding carboxylic acids is 2. The van der Waals surface area contributed by atoms with Gasteiger partial charge in [0.2, 0.25) is 0 Å². The Kier molecular flexibility index (Phi) is 6.01. The second-order valence-electron chi connectivity index (χ2n) is 5.96. The summed E-state index contributed by atoms with van der Waals surface area (Å²) >= 11 is 0. The number of esters is 1. The van der Waals surface area contributed by atoms with E-state index in [2.05, 4.69) is 15.5 Å². The normalized spacial score (nSPS) is 10.4. The Morgan fingerprint density at radius 2 is 1.75 bits per heavy atom. The summed E-state index contributed by atoms with van der Waals surface area (Å²) in [4.78, 5) is 25.5. The molecule has 0 radical (unpaired) electrons. The van der Waals surface area contributed by atoms with E-state index >= 15 is 0 Å². The van der Waals surface area contributed by atoms with E-state index in [4.69, 9.17) is 9.47 Å². The number of methoxy groups -OCH3 is 1. The van der Waals surface area contributed by atoms with Crippen molar-refractivity contribution in [3.05, 3.63) is 71.5 Å². The van der Waals surface area contributed by atoms with Crippen molar-refractivity contribution in [1.29, 1.82) is 0 Å². The van der Waals surface area contributed by atoms with E-state index < -0.39 is 18.5 Å². The number of benzene rings is 2. The number of aromatic nitrogens is 3. The van der Waals surface area contributed by atoms with Gasteiger partial charge in [-0.1, -0.05) is 30.3 Å². The molecule has 0 unspecified atom stereocenters. The van der Waals surface area contributed by atoms with Crippen LogP contribution in [0.15, 0.2) is 54.6 Å². The van der Waals surface area contributed by atoms with Crippen LogP contribution in [0.1, 0.15) is 21.7 Å². The van der Waals surface area contributed by atoms with Crippen LogP contribution >= 0.6 is 0 Å². The lowest BCUT2D eigenvalue weighted by molar-refractivity contribution is -0.124. The Morgan fingerprint density at radius 1 is 1.04 bits per heavy atom. The number of para-hydroxylation sites is 1. The lowest BCUT2D eigenvalue weighted by Gasteiger charge is -2.07. The molecular weight excluding hydrogens is 360 g/mol. The number of hydrogen-bond donors (Lipinski definition) is 1. The van der Waals surface area contributed by atoms with Crippen molar-refractivity contribution in [3.8, 4) is 11.4 Å². The van der Waals surface area contributed by atoms with Gasteiger partial charge in [0.1, 0.15) is 5.75 Å². The standard InChI is InChI=1S/C20H20N4O4/c1-14-19(23-24(22-14)16-6-4-3-5-7-16)20(26)28-13-18(25)21-12-15-8-10-17(27-2)11-9-15/h3-11H,12-13H2,1-2H3,(H,21,25). The van der Waals surface area contributed by atoms with Crippen LogP contribution in [0.5, 0.6) is 5.75 Å². The second kappa shape index (κ2) is 8.81. The van der Waals surface area contributed by atoms with E-state index in [0.717, 1.165) is 17.0 Å². The highest BCUT2D eigenvalue weighted by Crippen LogP contribution is 2.11. The predicted octanol–water partition coefficient (Wildman–Crippen LogP) is 2.06. The van der Waals surface area contributed by atoms with Crippen LogP contribution in [0, 0.1) is 6.92 Å². The molecule has 8 heteroatoms. The van der Waals surface area contributed by atoms with Gasteiger partial charge in [-0.2, -0.15) is 9.90 Å². The minimum absolute atomic E-state index is 0.0757. The molecule has 0 spiro atoms. The SMILES string of the molecule is COc1ccc(CNC(=O)COC(=O)c2nn(-c3ccccc3)nc2C)cc1. The Bertz CT molecular complexity index is 952. The molecule has 0 bridgehead atoms. The highest BCUT2D eigenvalue weighted by Gasteiger charge is 2.19. The number of rotatable bonds is 7. The Balaban J connectivity index is 1.52. The van der Waals surface area contributed by atoms with Gasteiger partial charge in [0, 0.05) is 6.54 Å². The third-order valence-corrected chi connectivity index (χ3v) is 3.95. The maximum Gasteiger partial charge on any atom is 0.361 e. The zero-order chi connectivity index (χ0) is 19.9. The summed E-state index contributed by atoms with van der Waals surface area (Å²) in [5.74, 6) is -0.362. The second-order valence-corrected chi connectivity index (χ2v) is 5.96. The topological polar surface area (TPSA) is 95.3 Å². The van der Waals surface area contributed by atoms with E-state index in [1.54, 1.807) is 26.2 Å². The number of hydrogen-bond acceptors (Lipinski definition) is 6. The van der Waals surface area contributed by atoms with Gasteiger partial charge < -0.3 is 14.8 Å². The molecule has 3 rings (SSSR count). The monoisotopic (exact) mass is 380 g/mol. The zero-order valence-corrected chi connectivity index (χ0v) is 15.6. The minimum Gasteiger partial charge on any atom is -0.497 e. The quantitative estimate of drug-likeness (QED) is 0.631. The van der Waals surface area contributed by atoms with E-state index in [-0.39, 0.29) is 5.69 Å². The summed E-state index contributed by atoms with van der Waals surface area (Å²) in [6, 6.07) is 16.5. The molecule has 8 nitrogen and oxygen atoms in total. The van der Waals surface area contributed by atoms with Crippen molar-refractivity contribution >= 4 is 11.9 Å². The molecule has 0 saturated heterocycles. The Morgan fingerprint density at radius 3 is 2.43 bits per heavy atom. The lowest BCUT2D eigenvalue weighted by atomic mass is 10.2. The summed E-state index contributed by atoms with van der Waals surface area (Å²) in [6.07, 6.45) is 0. The van der Waals surface area contributed by atoms with Crippen LogP contribution < -0.4 is 10.1 Å². The first kappa shape index (κ1) is 19.1. The van der Waals surface area contributed by atoms with Gasteiger partial charge in [0.05, 0.1) is 18.5 Å². The third-order valence-electron chi connectivity index (χ3n) is 3.95. The fraction of sp³-hybridized carbons (Fsp3) is 0.200. The van der Waals surface area contributed by atoms with Crippen molar-refractivity contribution in [2.45, 2.75) is 13.5 Å². The van der Waals surface area contributed by atoms with Crippen LogP contribution in [-0.4, -0.2) is 40.6 Å². The summed E-state index contributed by atoms with van der Waals surface area (Å²) in [6.45, 7) is 1.59. The Hall–Kier alpha value is -3.68. The summed E-state index contributed by atoms with van der Waals surface area (Å²) in [5.41, 5.74) is 2.13. The van der Waals surface area contributed by atoms with E-state index in [9.17, 15) is 9.59 Å². The average molecular weight is 380 g/mol. The van der Waals surface area contributed by atoms with Gasteiger partial charge in [-0.25, -0.2) is 4.79 Å². The van der Waals surface area contributed by atoms with Gasteiger partial charge in [0.15, 0.2) is 12.3 Å². The first-order valence-electron chi connectivity index (χ1n) is 8.63. The van der Waals surface area contributed by atoms with E-state index in [0.29, 0.717) is 12.2 Å². The molecule has 3 aromatic rings. The fourth-order valence-electron chi connectivity index (χ4n) is 2.44. The molecule has 0 saturated carbocycles. The maximum atomic E-state index is 12.2. The smallest absolute Gasteiger partial charge is 0.361 e. The molecule has 0 aliphatic heterocycles. The van der Waals surface area contributed by atoms with Gasteiger partial charge in [0.25, 0.3) is 5.91 Å². The number of aryl methyl sites for hydroxylation is 1. The molecular formula is C20H20N4O4. The third kappa shape index (κ3) is 4.73. The first-order valence-corrected chi connectivity index (χ1v) is 8.63. The molecule has 0 aliphatic rings. The van der Waals surface area contributed by atoms with Gasteiger partial charge >= 0.3 is 5.97 Å². The van der Waals surface area contributed by atoms with Crippen LogP contribution in [0.2, 0.25) is 0 Å². The van der Waals surface area contributed by atoms with Crippen molar-refractivity contribution < 1.29 is 19.1 Å². The van der Waals surface area contributed by atoms with Crippen molar-refractivity contribution in [1.82, 2.24) is 20.3 Å². The van der Waals surface area contributed by atoms with Crippen LogP contribution in [0.25, 0.3) is 5.69 Å². The molecule has 28 heavy (non-hydrogen) atoms. The lowest BCUT2D eigenvalue weighted by Crippen LogP contribution is -2.28.